The summed E-state index contributed by atoms with van der Waals surface area (Å²) in [6.45, 7) is 3.70. The van der Waals surface area contributed by atoms with Crippen LogP contribution in [0.15, 0.2) is 12.3 Å². The van der Waals surface area contributed by atoms with Gasteiger partial charge in [0.05, 0.1) is 0 Å². The van der Waals surface area contributed by atoms with Crippen LogP contribution in [0.1, 0.15) is 18.5 Å². The first-order valence-corrected chi connectivity index (χ1v) is 5.00. The highest BCUT2D eigenvalue weighted by Gasteiger charge is 2.14. The monoisotopic (exact) mass is 193 g/mol. The fraction of sp³-hybridized carbons (Fsp3) is 0.600. The largest absolute Gasteiger partial charge is 0.462 e. The summed E-state index contributed by atoms with van der Waals surface area (Å²) in [6.07, 6.45) is 4.15. The Morgan fingerprint density at radius 1 is 1.64 bits per heavy atom. The molecule has 1 N–H and O–H groups in total. The van der Waals surface area contributed by atoms with Crippen LogP contribution in [0.5, 0.6) is 6.01 Å². The molecule has 1 aromatic rings. The van der Waals surface area contributed by atoms with Gasteiger partial charge in [0.2, 0.25) is 0 Å². The van der Waals surface area contributed by atoms with Gasteiger partial charge in [0.15, 0.2) is 0 Å². The van der Waals surface area contributed by atoms with Gasteiger partial charge in [0, 0.05) is 17.9 Å². The lowest BCUT2D eigenvalue weighted by molar-refractivity contribution is 0.256. The predicted octanol–water partition coefficient (Wildman–Crippen LogP) is 0.916. The molecular formula is C10H15N3O. The molecule has 1 atom stereocenters. The van der Waals surface area contributed by atoms with Crippen molar-refractivity contribution < 1.29 is 4.74 Å². The zero-order valence-corrected chi connectivity index (χ0v) is 8.36. The SMILES string of the molecule is Cc1ccnc(OCC2CCCN2)n1. The summed E-state index contributed by atoms with van der Waals surface area (Å²) in [4.78, 5) is 8.21. The minimum absolute atomic E-state index is 0.471. The molecule has 0 saturated carbocycles. The Labute approximate surface area is 83.7 Å². The number of aromatic nitrogens is 2. The van der Waals surface area contributed by atoms with Crippen molar-refractivity contribution in [1.82, 2.24) is 15.3 Å². The fourth-order valence-electron chi connectivity index (χ4n) is 1.57. The Balaban J connectivity index is 1.85. The average Bonchev–Trinajstić information content (AvgIpc) is 2.67. The van der Waals surface area contributed by atoms with Crippen molar-refractivity contribution in [3.63, 3.8) is 0 Å². The second-order valence-electron chi connectivity index (χ2n) is 3.58. The quantitative estimate of drug-likeness (QED) is 0.775. The molecule has 2 heterocycles. The summed E-state index contributed by atoms with van der Waals surface area (Å²) < 4.78 is 5.49. The minimum Gasteiger partial charge on any atom is -0.462 e. The number of aryl methyl sites for hydroxylation is 1. The van der Waals surface area contributed by atoms with Gasteiger partial charge in [-0.25, -0.2) is 9.97 Å². The molecule has 1 unspecified atom stereocenters. The van der Waals surface area contributed by atoms with Gasteiger partial charge >= 0.3 is 6.01 Å². The average molecular weight is 193 g/mol. The molecule has 1 aliphatic rings. The highest BCUT2D eigenvalue weighted by molar-refractivity contribution is 5.03. The summed E-state index contributed by atoms with van der Waals surface area (Å²) in [6, 6.07) is 2.82. The van der Waals surface area contributed by atoms with E-state index in [1.54, 1.807) is 6.20 Å². The second kappa shape index (κ2) is 4.37. The van der Waals surface area contributed by atoms with E-state index in [1.165, 1.54) is 12.8 Å². The summed E-state index contributed by atoms with van der Waals surface area (Å²) in [5, 5.41) is 3.36. The van der Waals surface area contributed by atoms with E-state index >= 15 is 0 Å². The normalized spacial score (nSPS) is 21.1. The summed E-state index contributed by atoms with van der Waals surface area (Å²) >= 11 is 0. The maximum absolute atomic E-state index is 5.49. The van der Waals surface area contributed by atoms with Crippen LogP contribution in [-0.2, 0) is 0 Å². The van der Waals surface area contributed by atoms with Crippen LogP contribution in [-0.4, -0.2) is 29.2 Å². The molecule has 0 radical (unpaired) electrons. The molecule has 2 rings (SSSR count). The van der Waals surface area contributed by atoms with Gasteiger partial charge < -0.3 is 10.1 Å². The van der Waals surface area contributed by atoms with E-state index < -0.39 is 0 Å². The van der Waals surface area contributed by atoms with Crippen molar-refractivity contribution in [2.45, 2.75) is 25.8 Å². The van der Waals surface area contributed by atoms with Gasteiger partial charge in [-0.1, -0.05) is 0 Å². The molecule has 76 valence electrons. The lowest BCUT2D eigenvalue weighted by atomic mass is 10.2. The third kappa shape index (κ3) is 2.42. The van der Waals surface area contributed by atoms with Gasteiger partial charge in [0.25, 0.3) is 0 Å². The van der Waals surface area contributed by atoms with Crippen LogP contribution in [0, 0.1) is 6.92 Å². The van der Waals surface area contributed by atoms with Crippen molar-refractivity contribution in [2.75, 3.05) is 13.2 Å². The molecule has 4 nitrogen and oxygen atoms in total. The van der Waals surface area contributed by atoms with E-state index in [0.29, 0.717) is 18.7 Å². The van der Waals surface area contributed by atoms with Crippen molar-refractivity contribution >= 4 is 0 Å². The van der Waals surface area contributed by atoms with E-state index in [9.17, 15) is 0 Å². The smallest absolute Gasteiger partial charge is 0.316 e. The molecule has 1 fully saturated rings. The number of rotatable bonds is 3. The van der Waals surface area contributed by atoms with Crippen LogP contribution in [0.2, 0.25) is 0 Å². The zero-order chi connectivity index (χ0) is 9.80. The number of ether oxygens (including phenoxy) is 1. The molecule has 1 saturated heterocycles. The second-order valence-corrected chi connectivity index (χ2v) is 3.58. The standard InChI is InChI=1S/C10H15N3O/c1-8-4-6-12-10(13-8)14-7-9-3-2-5-11-9/h4,6,9,11H,2-3,5,7H2,1H3. The Morgan fingerprint density at radius 2 is 2.57 bits per heavy atom. The molecule has 0 aromatic carbocycles. The first-order chi connectivity index (χ1) is 6.84. The summed E-state index contributed by atoms with van der Waals surface area (Å²) in [5.41, 5.74) is 0.939. The van der Waals surface area contributed by atoms with Crippen LogP contribution < -0.4 is 10.1 Å². The van der Waals surface area contributed by atoms with Crippen LogP contribution >= 0.6 is 0 Å². The molecular weight excluding hydrogens is 178 g/mol. The number of nitrogens with zero attached hydrogens (tertiary/aromatic N) is 2. The van der Waals surface area contributed by atoms with Gasteiger partial charge in [-0.05, 0) is 32.4 Å². The van der Waals surface area contributed by atoms with Gasteiger partial charge in [-0.2, -0.15) is 0 Å². The maximum atomic E-state index is 5.49. The van der Waals surface area contributed by atoms with Crippen LogP contribution in [0.3, 0.4) is 0 Å². The Morgan fingerprint density at radius 3 is 3.29 bits per heavy atom. The number of hydrogen-bond donors (Lipinski definition) is 1. The number of hydrogen-bond acceptors (Lipinski definition) is 4. The first kappa shape index (κ1) is 9.40. The zero-order valence-electron chi connectivity index (χ0n) is 8.36. The maximum Gasteiger partial charge on any atom is 0.316 e. The molecule has 1 aromatic heterocycles. The van der Waals surface area contributed by atoms with E-state index in [2.05, 4.69) is 15.3 Å². The van der Waals surface area contributed by atoms with Crippen molar-refractivity contribution in [3.8, 4) is 6.01 Å². The summed E-state index contributed by atoms with van der Waals surface area (Å²) in [7, 11) is 0. The molecule has 0 amide bonds. The topological polar surface area (TPSA) is 47.0 Å². The van der Waals surface area contributed by atoms with Crippen molar-refractivity contribution in [3.05, 3.63) is 18.0 Å². The highest BCUT2D eigenvalue weighted by atomic mass is 16.5. The predicted molar refractivity (Wildman–Crippen MR) is 53.3 cm³/mol. The van der Waals surface area contributed by atoms with E-state index in [0.717, 1.165) is 12.2 Å². The first-order valence-electron chi connectivity index (χ1n) is 5.00. The van der Waals surface area contributed by atoms with E-state index in [1.807, 2.05) is 13.0 Å². The van der Waals surface area contributed by atoms with E-state index in [-0.39, 0.29) is 0 Å². The van der Waals surface area contributed by atoms with Crippen LogP contribution in [0.25, 0.3) is 0 Å². The van der Waals surface area contributed by atoms with Crippen LogP contribution in [0.4, 0.5) is 0 Å². The Bertz CT molecular complexity index is 297. The Kier molecular flexibility index (Phi) is 2.93. The van der Waals surface area contributed by atoms with Gasteiger partial charge in [0.1, 0.15) is 6.61 Å². The van der Waals surface area contributed by atoms with Gasteiger partial charge in [-0.15, -0.1) is 0 Å². The molecule has 0 spiro atoms. The summed E-state index contributed by atoms with van der Waals surface area (Å²) in [5.74, 6) is 0. The van der Waals surface area contributed by atoms with E-state index in [4.69, 9.17) is 4.74 Å². The lowest BCUT2D eigenvalue weighted by Crippen LogP contribution is -2.28. The third-order valence-corrected chi connectivity index (χ3v) is 2.35. The molecule has 14 heavy (non-hydrogen) atoms. The molecule has 0 aliphatic carbocycles. The third-order valence-electron chi connectivity index (χ3n) is 2.35. The lowest BCUT2D eigenvalue weighted by Gasteiger charge is -2.10. The highest BCUT2D eigenvalue weighted by Crippen LogP contribution is 2.07. The Hall–Kier alpha value is -1.16. The fourth-order valence-corrected chi connectivity index (χ4v) is 1.57. The minimum atomic E-state index is 0.471. The molecule has 0 bridgehead atoms. The number of nitrogens with one attached hydrogen (secondary N) is 1. The molecule has 4 heteroatoms. The molecule has 1 aliphatic heterocycles. The van der Waals surface area contributed by atoms with Crippen molar-refractivity contribution in [1.29, 1.82) is 0 Å². The van der Waals surface area contributed by atoms with Gasteiger partial charge in [-0.3, -0.25) is 0 Å². The van der Waals surface area contributed by atoms with Crippen molar-refractivity contribution in [2.24, 2.45) is 0 Å².